The lowest BCUT2D eigenvalue weighted by molar-refractivity contribution is 0.0730. The van der Waals surface area contributed by atoms with Crippen molar-refractivity contribution in [1.82, 2.24) is 4.90 Å². The van der Waals surface area contributed by atoms with E-state index in [9.17, 15) is 4.79 Å². The van der Waals surface area contributed by atoms with Gasteiger partial charge in [-0.25, -0.2) is 0 Å². The predicted molar refractivity (Wildman–Crippen MR) is 73.2 cm³/mol. The maximum Gasteiger partial charge on any atom is 0.254 e. The number of nitrogens with zero attached hydrogens (tertiary/aromatic N) is 1. The van der Waals surface area contributed by atoms with Gasteiger partial charge in [0, 0.05) is 24.7 Å². The number of nitrogens with two attached hydrogens (primary N) is 1. The van der Waals surface area contributed by atoms with E-state index in [1.807, 2.05) is 29.2 Å². The van der Waals surface area contributed by atoms with Crippen LogP contribution in [0.4, 0.5) is 0 Å². The molecule has 0 saturated carbocycles. The van der Waals surface area contributed by atoms with E-state index in [1.165, 1.54) is 0 Å². The Bertz CT molecular complexity index is 413. The lowest BCUT2D eigenvalue weighted by atomic mass is 10.1. The molecule has 1 amide bonds. The third-order valence-corrected chi connectivity index (χ3v) is 3.79. The van der Waals surface area contributed by atoms with Crippen LogP contribution in [0.2, 0.25) is 0 Å². The fourth-order valence-corrected chi connectivity index (χ4v) is 2.74. The van der Waals surface area contributed by atoms with Crippen molar-refractivity contribution in [1.29, 1.82) is 0 Å². The fraction of sp³-hybridized carbons (Fsp3) is 0.533. The largest absolute Gasteiger partial charge is 0.335 e. The first-order chi connectivity index (χ1) is 8.65. The van der Waals surface area contributed by atoms with Gasteiger partial charge in [0.1, 0.15) is 0 Å². The highest BCUT2D eigenvalue weighted by Crippen LogP contribution is 2.26. The van der Waals surface area contributed by atoms with Crippen LogP contribution in [-0.2, 0) is 6.54 Å². The van der Waals surface area contributed by atoms with E-state index in [4.69, 9.17) is 5.73 Å². The van der Waals surface area contributed by atoms with Crippen LogP contribution in [-0.4, -0.2) is 23.4 Å². The fourth-order valence-electron chi connectivity index (χ4n) is 2.74. The second-order valence-corrected chi connectivity index (χ2v) is 5.26. The standard InChI is InChI=1S/C15H22N2O/c1-3-14-8-11(2)10-17(14)15(18)13-6-4-12(9-16)5-7-13/h4-7,11,14H,3,8-10,16H2,1-2H3. The molecule has 0 bridgehead atoms. The number of carbonyl (C=O) groups excluding carboxylic acids is 1. The number of likely N-dealkylation sites (tertiary alicyclic amines) is 1. The zero-order chi connectivity index (χ0) is 13.1. The Hall–Kier alpha value is -1.35. The van der Waals surface area contributed by atoms with Gasteiger partial charge in [0.2, 0.25) is 0 Å². The monoisotopic (exact) mass is 246 g/mol. The Morgan fingerprint density at radius 2 is 2.06 bits per heavy atom. The minimum Gasteiger partial charge on any atom is -0.335 e. The van der Waals surface area contributed by atoms with Crippen LogP contribution in [0, 0.1) is 5.92 Å². The zero-order valence-electron chi connectivity index (χ0n) is 11.2. The molecule has 0 aromatic heterocycles. The van der Waals surface area contributed by atoms with Gasteiger partial charge < -0.3 is 10.6 Å². The van der Waals surface area contributed by atoms with Crippen molar-refractivity contribution in [2.24, 2.45) is 11.7 Å². The average molecular weight is 246 g/mol. The first-order valence-corrected chi connectivity index (χ1v) is 6.75. The van der Waals surface area contributed by atoms with Crippen LogP contribution in [0.3, 0.4) is 0 Å². The second kappa shape index (κ2) is 5.53. The van der Waals surface area contributed by atoms with Gasteiger partial charge in [-0.2, -0.15) is 0 Å². The maximum absolute atomic E-state index is 12.5. The third kappa shape index (κ3) is 2.56. The normalized spacial score (nSPS) is 23.4. The molecule has 2 unspecified atom stereocenters. The molecule has 1 aromatic carbocycles. The number of hydrogen-bond acceptors (Lipinski definition) is 2. The summed E-state index contributed by atoms with van der Waals surface area (Å²) in [6.45, 7) is 5.77. The Morgan fingerprint density at radius 3 is 2.61 bits per heavy atom. The van der Waals surface area contributed by atoms with Gasteiger partial charge in [0.25, 0.3) is 5.91 Å². The summed E-state index contributed by atoms with van der Waals surface area (Å²) in [5.41, 5.74) is 7.41. The lowest BCUT2D eigenvalue weighted by Crippen LogP contribution is -2.35. The summed E-state index contributed by atoms with van der Waals surface area (Å²) in [6.07, 6.45) is 2.17. The van der Waals surface area contributed by atoms with E-state index < -0.39 is 0 Å². The molecule has 3 heteroatoms. The van der Waals surface area contributed by atoms with Gasteiger partial charge in [-0.15, -0.1) is 0 Å². The van der Waals surface area contributed by atoms with Crippen LogP contribution in [0.25, 0.3) is 0 Å². The van der Waals surface area contributed by atoms with E-state index in [2.05, 4.69) is 13.8 Å². The molecule has 1 fully saturated rings. The Kier molecular flexibility index (Phi) is 4.02. The smallest absolute Gasteiger partial charge is 0.254 e. The highest BCUT2D eigenvalue weighted by atomic mass is 16.2. The maximum atomic E-state index is 12.5. The molecular formula is C15H22N2O. The number of hydrogen-bond donors (Lipinski definition) is 1. The molecule has 0 spiro atoms. The van der Waals surface area contributed by atoms with Crippen molar-refractivity contribution >= 4 is 5.91 Å². The topological polar surface area (TPSA) is 46.3 Å². The average Bonchev–Trinajstić information content (AvgIpc) is 2.79. The summed E-state index contributed by atoms with van der Waals surface area (Å²) < 4.78 is 0. The molecule has 18 heavy (non-hydrogen) atoms. The van der Waals surface area contributed by atoms with Crippen LogP contribution in [0.15, 0.2) is 24.3 Å². The minimum atomic E-state index is 0.162. The number of amides is 1. The molecule has 0 aliphatic carbocycles. The van der Waals surface area contributed by atoms with E-state index in [0.29, 0.717) is 18.5 Å². The first-order valence-electron chi connectivity index (χ1n) is 6.75. The molecule has 1 aliphatic heterocycles. The molecule has 0 radical (unpaired) electrons. The van der Waals surface area contributed by atoms with Crippen LogP contribution < -0.4 is 5.73 Å². The Morgan fingerprint density at radius 1 is 1.39 bits per heavy atom. The molecule has 1 heterocycles. The molecule has 1 saturated heterocycles. The number of benzene rings is 1. The SMILES string of the molecule is CCC1CC(C)CN1C(=O)c1ccc(CN)cc1. The number of rotatable bonds is 3. The van der Waals surface area contributed by atoms with E-state index in [1.54, 1.807) is 0 Å². The van der Waals surface area contributed by atoms with Gasteiger partial charge in [0.05, 0.1) is 0 Å². The van der Waals surface area contributed by atoms with E-state index in [-0.39, 0.29) is 5.91 Å². The van der Waals surface area contributed by atoms with Crippen molar-refractivity contribution in [2.75, 3.05) is 6.54 Å². The van der Waals surface area contributed by atoms with Gasteiger partial charge in [-0.3, -0.25) is 4.79 Å². The summed E-state index contributed by atoms with van der Waals surface area (Å²) in [4.78, 5) is 14.5. The van der Waals surface area contributed by atoms with Crippen LogP contribution in [0.1, 0.15) is 42.6 Å². The Balaban J connectivity index is 2.14. The van der Waals surface area contributed by atoms with Crippen molar-refractivity contribution in [3.05, 3.63) is 35.4 Å². The Labute approximate surface area is 109 Å². The molecule has 98 valence electrons. The highest BCUT2D eigenvalue weighted by Gasteiger charge is 2.32. The molecule has 2 N–H and O–H groups in total. The molecule has 1 aliphatic rings. The lowest BCUT2D eigenvalue weighted by Gasteiger charge is -2.23. The molecule has 2 atom stereocenters. The first kappa shape index (κ1) is 13.1. The van der Waals surface area contributed by atoms with Gasteiger partial charge in [-0.05, 0) is 36.5 Å². The number of carbonyl (C=O) groups is 1. The molecule has 2 rings (SSSR count). The highest BCUT2D eigenvalue weighted by molar-refractivity contribution is 5.94. The summed E-state index contributed by atoms with van der Waals surface area (Å²) >= 11 is 0. The summed E-state index contributed by atoms with van der Waals surface area (Å²) in [6, 6.07) is 8.06. The van der Waals surface area contributed by atoms with E-state index in [0.717, 1.165) is 30.5 Å². The van der Waals surface area contributed by atoms with Gasteiger partial charge in [0.15, 0.2) is 0 Å². The van der Waals surface area contributed by atoms with Crippen molar-refractivity contribution < 1.29 is 4.79 Å². The quantitative estimate of drug-likeness (QED) is 0.890. The molecule has 1 aromatic rings. The van der Waals surface area contributed by atoms with Crippen molar-refractivity contribution in [3.8, 4) is 0 Å². The zero-order valence-corrected chi connectivity index (χ0v) is 11.2. The van der Waals surface area contributed by atoms with Gasteiger partial charge >= 0.3 is 0 Å². The van der Waals surface area contributed by atoms with Crippen molar-refractivity contribution in [3.63, 3.8) is 0 Å². The minimum absolute atomic E-state index is 0.162. The van der Waals surface area contributed by atoms with Gasteiger partial charge in [-0.1, -0.05) is 26.0 Å². The van der Waals surface area contributed by atoms with Crippen LogP contribution in [0.5, 0.6) is 0 Å². The molecule has 3 nitrogen and oxygen atoms in total. The summed E-state index contributed by atoms with van der Waals surface area (Å²) in [7, 11) is 0. The second-order valence-electron chi connectivity index (χ2n) is 5.26. The van der Waals surface area contributed by atoms with Crippen LogP contribution >= 0.6 is 0 Å². The third-order valence-electron chi connectivity index (χ3n) is 3.79. The summed E-state index contributed by atoms with van der Waals surface area (Å²) in [5.74, 6) is 0.775. The van der Waals surface area contributed by atoms with Crippen molar-refractivity contribution in [2.45, 2.75) is 39.3 Å². The van der Waals surface area contributed by atoms with E-state index >= 15 is 0 Å². The summed E-state index contributed by atoms with van der Waals surface area (Å²) in [5, 5.41) is 0. The molecular weight excluding hydrogens is 224 g/mol. The predicted octanol–water partition coefficient (Wildman–Crippen LogP) is 2.41.